The first-order valence-corrected chi connectivity index (χ1v) is 7.19. The van der Waals surface area contributed by atoms with Crippen LogP contribution < -0.4 is 5.32 Å². The van der Waals surface area contributed by atoms with E-state index in [9.17, 15) is 4.79 Å². The van der Waals surface area contributed by atoms with Crippen molar-refractivity contribution in [2.24, 2.45) is 0 Å². The van der Waals surface area contributed by atoms with Crippen LogP contribution >= 0.6 is 31.9 Å². The van der Waals surface area contributed by atoms with E-state index >= 15 is 0 Å². The third-order valence-electron chi connectivity index (χ3n) is 2.34. The molecule has 16 heavy (non-hydrogen) atoms. The van der Waals surface area contributed by atoms with Crippen molar-refractivity contribution < 1.29 is 4.79 Å². The van der Waals surface area contributed by atoms with Crippen LogP contribution in [0.5, 0.6) is 0 Å². The first-order valence-electron chi connectivity index (χ1n) is 5.28. The van der Waals surface area contributed by atoms with Crippen molar-refractivity contribution in [2.75, 3.05) is 5.33 Å². The Hall–Kier alpha value is -0.350. The van der Waals surface area contributed by atoms with Crippen molar-refractivity contribution in [3.05, 3.63) is 34.3 Å². The summed E-state index contributed by atoms with van der Waals surface area (Å²) in [7, 11) is 0. The van der Waals surface area contributed by atoms with Crippen LogP contribution in [0.4, 0.5) is 0 Å². The number of nitrogens with one attached hydrogen (secondary N) is 1. The monoisotopic (exact) mass is 347 g/mol. The van der Waals surface area contributed by atoms with Gasteiger partial charge in [0.2, 0.25) is 5.91 Å². The average Bonchev–Trinajstić information content (AvgIpc) is 2.27. The van der Waals surface area contributed by atoms with E-state index in [4.69, 9.17) is 0 Å². The molecule has 1 unspecified atom stereocenters. The third-order valence-corrected chi connectivity index (χ3v) is 3.26. The van der Waals surface area contributed by atoms with Crippen molar-refractivity contribution in [3.63, 3.8) is 0 Å². The Balaban J connectivity index is 2.67. The maximum Gasteiger partial charge on any atom is 0.221 e. The van der Waals surface area contributed by atoms with E-state index < -0.39 is 0 Å². The van der Waals surface area contributed by atoms with E-state index in [0.29, 0.717) is 11.8 Å². The van der Waals surface area contributed by atoms with Crippen LogP contribution in [0.3, 0.4) is 0 Å². The topological polar surface area (TPSA) is 29.1 Å². The molecule has 0 heterocycles. The number of hydrogen-bond donors (Lipinski definition) is 1. The van der Waals surface area contributed by atoms with Gasteiger partial charge in [0.15, 0.2) is 0 Å². The van der Waals surface area contributed by atoms with Gasteiger partial charge >= 0.3 is 0 Å². The molecule has 0 spiro atoms. The van der Waals surface area contributed by atoms with Crippen LogP contribution in [0.2, 0.25) is 0 Å². The molecule has 1 rings (SSSR count). The van der Waals surface area contributed by atoms with E-state index in [1.807, 2.05) is 24.3 Å². The molecule has 1 aromatic carbocycles. The molecular formula is C12H15Br2NO. The van der Waals surface area contributed by atoms with Gasteiger partial charge in [-0.3, -0.25) is 4.79 Å². The van der Waals surface area contributed by atoms with Gasteiger partial charge in [-0.05, 0) is 24.1 Å². The second-order valence-electron chi connectivity index (χ2n) is 3.52. The summed E-state index contributed by atoms with van der Waals surface area (Å²) in [5.41, 5.74) is 1.15. The van der Waals surface area contributed by atoms with Gasteiger partial charge in [-0.2, -0.15) is 0 Å². The van der Waals surface area contributed by atoms with Crippen molar-refractivity contribution in [1.82, 2.24) is 5.32 Å². The summed E-state index contributed by atoms with van der Waals surface area (Å²) < 4.78 is 1.05. The molecule has 2 nitrogen and oxygen atoms in total. The Bertz CT molecular complexity index is 337. The molecule has 1 N–H and O–H groups in total. The average molecular weight is 349 g/mol. The van der Waals surface area contributed by atoms with Crippen molar-refractivity contribution >= 4 is 37.8 Å². The smallest absolute Gasteiger partial charge is 0.221 e. The molecule has 0 radical (unpaired) electrons. The van der Waals surface area contributed by atoms with Crippen LogP contribution in [0.15, 0.2) is 28.7 Å². The standard InChI is InChI=1S/C12H15Br2NO/c1-2-11(15-12(16)7-8-13)9-3-5-10(14)6-4-9/h3-6,11H,2,7-8H2,1H3,(H,15,16). The van der Waals surface area contributed by atoms with Gasteiger partial charge in [-0.25, -0.2) is 0 Å². The number of benzene rings is 1. The zero-order valence-electron chi connectivity index (χ0n) is 9.17. The second kappa shape index (κ2) is 7.07. The highest BCUT2D eigenvalue weighted by Gasteiger charge is 2.11. The third kappa shape index (κ3) is 4.26. The molecular weight excluding hydrogens is 334 g/mol. The summed E-state index contributed by atoms with van der Waals surface area (Å²) in [4.78, 5) is 11.5. The molecule has 0 aliphatic rings. The molecule has 0 aliphatic carbocycles. The maximum absolute atomic E-state index is 11.5. The summed E-state index contributed by atoms with van der Waals surface area (Å²) in [6.45, 7) is 2.07. The number of hydrogen-bond acceptors (Lipinski definition) is 1. The van der Waals surface area contributed by atoms with Crippen LogP contribution in [-0.2, 0) is 4.79 Å². The van der Waals surface area contributed by atoms with Gasteiger partial charge in [-0.15, -0.1) is 0 Å². The van der Waals surface area contributed by atoms with Crippen LogP contribution in [-0.4, -0.2) is 11.2 Å². The molecule has 1 aromatic rings. The lowest BCUT2D eigenvalue weighted by molar-refractivity contribution is -0.121. The minimum absolute atomic E-state index is 0.0895. The Morgan fingerprint density at radius 2 is 2.00 bits per heavy atom. The molecule has 0 bridgehead atoms. The van der Waals surface area contributed by atoms with E-state index in [-0.39, 0.29) is 11.9 Å². The number of alkyl halides is 1. The summed E-state index contributed by atoms with van der Waals surface area (Å²) in [6.07, 6.45) is 1.42. The predicted molar refractivity (Wildman–Crippen MR) is 73.7 cm³/mol. The highest BCUT2D eigenvalue weighted by molar-refractivity contribution is 9.10. The lowest BCUT2D eigenvalue weighted by atomic mass is 10.0. The second-order valence-corrected chi connectivity index (χ2v) is 5.23. The molecule has 0 saturated carbocycles. The van der Waals surface area contributed by atoms with Gasteiger partial charge in [0.1, 0.15) is 0 Å². The normalized spacial score (nSPS) is 12.2. The van der Waals surface area contributed by atoms with Gasteiger partial charge in [0, 0.05) is 16.2 Å². The largest absolute Gasteiger partial charge is 0.349 e. The number of amides is 1. The molecule has 0 saturated heterocycles. The summed E-state index contributed by atoms with van der Waals surface area (Å²) in [5, 5.41) is 3.72. The highest BCUT2D eigenvalue weighted by atomic mass is 79.9. The van der Waals surface area contributed by atoms with Crippen molar-refractivity contribution in [3.8, 4) is 0 Å². The van der Waals surface area contributed by atoms with Crippen LogP contribution in [0.1, 0.15) is 31.4 Å². The van der Waals surface area contributed by atoms with E-state index in [0.717, 1.165) is 16.5 Å². The van der Waals surface area contributed by atoms with Crippen molar-refractivity contribution in [1.29, 1.82) is 0 Å². The number of halogens is 2. The first kappa shape index (κ1) is 13.7. The van der Waals surface area contributed by atoms with Crippen LogP contribution in [0.25, 0.3) is 0 Å². The zero-order chi connectivity index (χ0) is 12.0. The minimum atomic E-state index is 0.0895. The van der Waals surface area contributed by atoms with Gasteiger partial charge in [0.25, 0.3) is 0 Å². The number of rotatable bonds is 5. The lowest BCUT2D eigenvalue weighted by Gasteiger charge is -2.17. The Morgan fingerprint density at radius 1 is 1.38 bits per heavy atom. The van der Waals surface area contributed by atoms with E-state index in [2.05, 4.69) is 44.1 Å². The van der Waals surface area contributed by atoms with Crippen molar-refractivity contribution in [2.45, 2.75) is 25.8 Å². The fourth-order valence-corrected chi connectivity index (χ4v) is 2.09. The number of carbonyl (C=O) groups excluding carboxylic acids is 1. The molecule has 1 amide bonds. The molecule has 0 aromatic heterocycles. The maximum atomic E-state index is 11.5. The van der Waals surface area contributed by atoms with Crippen LogP contribution in [0, 0.1) is 0 Å². The lowest BCUT2D eigenvalue weighted by Crippen LogP contribution is -2.28. The Morgan fingerprint density at radius 3 is 2.50 bits per heavy atom. The predicted octanol–water partition coefficient (Wildman–Crippen LogP) is 3.80. The zero-order valence-corrected chi connectivity index (χ0v) is 12.3. The molecule has 1 atom stereocenters. The summed E-state index contributed by atoms with van der Waals surface area (Å²) in [5.74, 6) is 0.0895. The van der Waals surface area contributed by atoms with Gasteiger partial charge in [-0.1, -0.05) is 50.9 Å². The molecule has 4 heteroatoms. The number of carbonyl (C=O) groups is 1. The van der Waals surface area contributed by atoms with E-state index in [1.54, 1.807) is 0 Å². The fraction of sp³-hybridized carbons (Fsp3) is 0.417. The summed E-state index contributed by atoms with van der Waals surface area (Å²) >= 11 is 6.66. The Labute approximate surface area is 113 Å². The highest BCUT2D eigenvalue weighted by Crippen LogP contribution is 2.19. The molecule has 88 valence electrons. The van der Waals surface area contributed by atoms with Gasteiger partial charge in [0.05, 0.1) is 6.04 Å². The molecule has 0 aliphatic heterocycles. The van der Waals surface area contributed by atoms with Gasteiger partial charge < -0.3 is 5.32 Å². The minimum Gasteiger partial charge on any atom is -0.349 e. The first-order chi connectivity index (χ1) is 7.67. The fourth-order valence-electron chi connectivity index (χ4n) is 1.47. The quantitative estimate of drug-likeness (QED) is 0.805. The van der Waals surface area contributed by atoms with E-state index in [1.165, 1.54) is 0 Å². The summed E-state index contributed by atoms with van der Waals surface area (Å²) in [6, 6.07) is 8.17. The molecule has 0 fully saturated rings. The Kier molecular flexibility index (Phi) is 6.06. The SMILES string of the molecule is CCC(NC(=O)CCBr)c1ccc(Br)cc1.